The maximum atomic E-state index is 11.4. The zero-order chi connectivity index (χ0) is 13.7. The van der Waals surface area contributed by atoms with Crippen LogP contribution in [-0.2, 0) is 16.0 Å². The zero-order valence-corrected chi connectivity index (χ0v) is 11.3. The molecule has 2 rings (SSSR count). The smallest absolute Gasteiger partial charge is 0.246 e. The number of aromatic nitrogens is 2. The summed E-state index contributed by atoms with van der Waals surface area (Å²) in [5, 5.41) is 2.81. The third kappa shape index (κ3) is 4.06. The van der Waals surface area contributed by atoms with Gasteiger partial charge in [0, 0.05) is 13.0 Å². The van der Waals surface area contributed by atoms with Gasteiger partial charge in [-0.05, 0) is 26.0 Å². The molecule has 2 N–H and O–H groups in total. The van der Waals surface area contributed by atoms with Gasteiger partial charge >= 0.3 is 0 Å². The minimum Gasteiger partial charge on any atom is -0.369 e. The SMILES string of the molecule is CC(C)OCC(=O)NCCc1nc2ccccc2[nH]1. The third-order valence-corrected chi connectivity index (χ3v) is 2.67. The number of hydrogen-bond donors (Lipinski definition) is 2. The Hall–Kier alpha value is -1.88. The van der Waals surface area contributed by atoms with Crippen molar-refractivity contribution in [3.05, 3.63) is 30.1 Å². The molecule has 1 heterocycles. The summed E-state index contributed by atoms with van der Waals surface area (Å²) in [4.78, 5) is 19.1. The number of ether oxygens (including phenoxy) is 1. The summed E-state index contributed by atoms with van der Waals surface area (Å²) in [5.74, 6) is 0.788. The van der Waals surface area contributed by atoms with Crippen molar-refractivity contribution in [2.24, 2.45) is 0 Å². The van der Waals surface area contributed by atoms with Gasteiger partial charge in [-0.2, -0.15) is 0 Å². The number of rotatable bonds is 6. The lowest BCUT2D eigenvalue weighted by Gasteiger charge is -2.07. The van der Waals surface area contributed by atoms with Crippen molar-refractivity contribution in [1.29, 1.82) is 0 Å². The Labute approximate surface area is 112 Å². The number of nitrogens with zero attached hydrogens (tertiary/aromatic N) is 1. The molecule has 0 spiro atoms. The summed E-state index contributed by atoms with van der Waals surface area (Å²) in [6.45, 7) is 4.47. The Morgan fingerprint density at radius 2 is 2.21 bits per heavy atom. The van der Waals surface area contributed by atoms with Gasteiger partial charge in [-0.1, -0.05) is 12.1 Å². The molecule has 1 aromatic heterocycles. The van der Waals surface area contributed by atoms with Crippen molar-refractivity contribution >= 4 is 16.9 Å². The maximum absolute atomic E-state index is 11.4. The number of aromatic amines is 1. The molecule has 0 aliphatic rings. The van der Waals surface area contributed by atoms with Gasteiger partial charge in [-0.25, -0.2) is 4.98 Å². The van der Waals surface area contributed by atoms with Crippen LogP contribution in [0.25, 0.3) is 11.0 Å². The highest BCUT2D eigenvalue weighted by Crippen LogP contribution is 2.10. The van der Waals surface area contributed by atoms with Crippen LogP contribution in [0.3, 0.4) is 0 Å². The number of para-hydroxylation sites is 2. The summed E-state index contributed by atoms with van der Waals surface area (Å²) in [7, 11) is 0. The van der Waals surface area contributed by atoms with Gasteiger partial charge in [-0.3, -0.25) is 4.79 Å². The van der Waals surface area contributed by atoms with Gasteiger partial charge in [-0.15, -0.1) is 0 Å². The molecule has 1 amide bonds. The van der Waals surface area contributed by atoms with E-state index in [0.29, 0.717) is 13.0 Å². The number of carbonyl (C=O) groups excluding carboxylic acids is 1. The molecular weight excluding hydrogens is 242 g/mol. The van der Waals surface area contributed by atoms with Gasteiger partial charge in [0.15, 0.2) is 0 Å². The number of H-pyrrole nitrogens is 1. The first-order valence-electron chi connectivity index (χ1n) is 6.47. The van der Waals surface area contributed by atoms with Crippen LogP contribution in [0.2, 0.25) is 0 Å². The largest absolute Gasteiger partial charge is 0.369 e. The topological polar surface area (TPSA) is 67.0 Å². The normalized spacial score (nSPS) is 11.1. The van der Waals surface area contributed by atoms with Crippen molar-refractivity contribution in [3.8, 4) is 0 Å². The van der Waals surface area contributed by atoms with E-state index in [1.165, 1.54) is 0 Å². The van der Waals surface area contributed by atoms with Crippen LogP contribution in [0.5, 0.6) is 0 Å². The van der Waals surface area contributed by atoms with Crippen molar-refractivity contribution in [2.45, 2.75) is 26.4 Å². The van der Waals surface area contributed by atoms with Crippen LogP contribution >= 0.6 is 0 Å². The average Bonchev–Trinajstić information content (AvgIpc) is 2.79. The first-order chi connectivity index (χ1) is 9.15. The fourth-order valence-corrected chi connectivity index (χ4v) is 1.74. The van der Waals surface area contributed by atoms with E-state index in [2.05, 4.69) is 15.3 Å². The predicted octanol–water partition coefficient (Wildman–Crippen LogP) is 1.65. The number of hydrogen-bond acceptors (Lipinski definition) is 3. The van der Waals surface area contributed by atoms with Crippen molar-refractivity contribution in [3.63, 3.8) is 0 Å². The van der Waals surface area contributed by atoms with Crippen molar-refractivity contribution in [1.82, 2.24) is 15.3 Å². The molecular formula is C14H19N3O2. The Bertz CT molecular complexity index is 515. The standard InChI is InChI=1S/C14H19N3O2/c1-10(2)19-9-14(18)15-8-7-13-16-11-5-3-4-6-12(11)17-13/h3-6,10H,7-9H2,1-2H3,(H,15,18)(H,16,17). The van der Waals surface area contributed by atoms with E-state index in [0.717, 1.165) is 16.9 Å². The van der Waals surface area contributed by atoms with E-state index >= 15 is 0 Å². The minimum absolute atomic E-state index is 0.0705. The first-order valence-corrected chi connectivity index (χ1v) is 6.47. The second-order valence-electron chi connectivity index (χ2n) is 4.66. The number of benzene rings is 1. The molecule has 2 aromatic rings. The van der Waals surface area contributed by atoms with Crippen LogP contribution in [0.15, 0.2) is 24.3 Å². The number of imidazole rings is 1. The fourth-order valence-electron chi connectivity index (χ4n) is 1.74. The van der Waals surface area contributed by atoms with Crippen LogP contribution in [0.1, 0.15) is 19.7 Å². The van der Waals surface area contributed by atoms with E-state index in [4.69, 9.17) is 4.74 Å². The molecule has 0 radical (unpaired) electrons. The molecule has 19 heavy (non-hydrogen) atoms. The second-order valence-corrected chi connectivity index (χ2v) is 4.66. The quantitative estimate of drug-likeness (QED) is 0.830. The molecule has 0 saturated carbocycles. The number of carbonyl (C=O) groups is 1. The lowest BCUT2D eigenvalue weighted by molar-refractivity contribution is -0.127. The Kier molecular flexibility index (Phi) is 4.52. The number of nitrogens with one attached hydrogen (secondary N) is 2. The monoisotopic (exact) mass is 261 g/mol. The predicted molar refractivity (Wildman–Crippen MR) is 73.9 cm³/mol. The van der Waals surface area contributed by atoms with Gasteiger partial charge < -0.3 is 15.0 Å². The Balaban J connectivity index is 1.77. The summed E-state index contributed by atoms with van der Waals surface area (Å²) >= 11 is 0. The van der Waals surface area contributed by atoms with E-state index in [-0.39, 0.29) is 18.6 Å². The highest BCUT2D eigenvalue weighted by Gasteiger charge is 2.05. The van der Waals surface area contributed by atoms with Crippen LogP contribution < -0.4 is 5.32 Å². The minimum atomic E-state index is -0.0928. The maximum Gasteiger partial charge on any atom is 0.246 e. The van der Waals surface area contributed by atoms with Crippen molar-refractivity contribution < 1.29 is 9.53 Å². The van der Waals surface area contributed by atoms with E-state index in [9.17, 15) is 4.79 Å². The Morgan fingerprint density at radius 1 is 1.42 bits per heavy atom. The Morgan fingerprint density at radius 3 is 2.95 bits per heavy atom. The van der Waals surface area contributed by atoms with Crippen molar-refractivity contribution in [2.75, 3.05) is 13.2 Å². The summed E-state index contributed by atoms with van der Waals surface area (Å²) in [6, 6.07) is 7.87. The summed E-state index contributed by atoms with van der Waals surface area (Å²) in [5.41, 5.74) is 1.97. The van der Waals surface area contributed by atoms with E-state index < -0.39 is 0 Å². The zero-order valence-electron chi connectivity index (χ0n) is 11.3. The highest BCUT2D eigenvalue weighted by atomic mass is 16.5. The first kappa shape index (κ1) is 13.5. The molecule has 0 fully saturated rings. The molecule has 5 nitrogen and oxygen atoms in total. The highest BCUT2D eigenvalue weighted by molar-refractivity contribution is 5.77. The van der Waals surface area contributed by atoms with Gasteiger partial charge in [0.05, 0.1) is 17.1 Å². The molecule has 102 valence electrons. The molecule has 0 aliphatic carbocycles. The fraction of sp³-hybridized carbons (Fsp3) is 0.429. The number of amides is 1. The van der Waals surface area contributed by atoms with E-state index in [1.807, 2.05) is 38.1 Å². The van der Waals surface area contributed by atoms with E-state index in [1.54, 1.807) is 0 Å². The third-order valence-electron chi connectivity index (χ3n) is 2.67. The summed E-state index contributed by atoms with van der Waals surface area (Å²) < 4.78 is 5.22. The summed E-state index contributed by atoms with van der Waals surface area (Å²) in [6.07, 6.45) is 0.753. The average molecular weight is 261 g/mol. The molecule has 0 aliphatic heterocycles. The van der Waals surface area contributed by atoms with Gasteiger partial charge in [0.2, 0.25) is 5.91 Å². The van der Waals surface area contributed by atoms with Gasteiger partial charge in [0.1, 0.15) is 12.4 Å². The molecule has 0 atom stereocenters. The molecule has 0 unspecified atom stereocenters. The molecule has 1 aromatic carbocycles. The van der Waals surface area contributed by atoms with Crippen LogP contribution in [0.4, 0.5) is 0 Å². The molecule has 0 saturated heterocycles. The lowest BCUT2D eigenvalue weighted by atomic mass is 10.3. The lowest BCUT2D eigenvalue weighted by Crippen LogP contribution is -2.30. The molecule has 5 heteroatoms. The molecule has 0 bridgehead atoms. The second kappa shape index (κ2) is 6.33. The van der Waals surface area contributed by atoms with Crippen LogP contribution in [0, 0.1) is 0 Å². The number of fused-ring (bicyclic) bond motifs is 1. The van der Waals surface area contributed by atoms with Gasteiger partial charge in [0.25, 0.3) is 0 Å². The van der Waals surface area contributed by atoms with Crippen LogP contribution in [-0.4, -0.2) is 35.1 Å².